The zero-order valence-corrected chi connectivity index (χ0v) is 12.8. The Morgan fingerprint density at radius 3 is 2.95 bits per heavy atom. The van der Waals surface area contributed by atoms with Gasteiger partial charge in [0.15, 0.2) is 0 Å². The first-order chi connectivity index (χ1) is 8.99. The number of nitrogens with zero attached hydrogens (tertiary/aromatic N) is 1. The van der Waals surface area contributed by atoms with Crippen LogP contribution in [0.1, 0.15) is 18.9 Å². The Bertz CT molecular complexity index is 477. The van der Waals surface area contributed by atoms with E-state index in [4.69, 9.17) is 0 Å². The van der Waals surface area contributed by atoms with Gasteiger partial charge >= 0.3 is 6.03 Å². The quantitative estimate of drug-likeness (QED) is 0.877. The highest BCUT2D eigenvalue weighted by Crippen LogP contribution is 2.27. The Morgan fingerprint density at radius 1 is 1.58 bits per heavy atom. The smallest absolute Gasteiger partial charge is 0.321 e. The largest absolute Gasteiger partial charge is 0.393 e. The first kappa shape index (κ1) is 14.3. The molecule has 1 aliphatic rings. The molecule has 2 unspecified atom stereocenters. The van der Waals surface area contributed by atoms with Crippen molar-refractivity contribution in [3.05, 3.63) is 28.2 Å². The number of nitrogens with one attached hydrogen (secondary N) is 1. The van der Waals surface area contributed by atoms with Crippen LogP contribution in [-0.2, 0) is 0 Å². The minimum atomic E-state index is -0.358. The van der Waals surface area contributed by atoms with Gasteiger partial charge in [-0.05, 0) is 47.8 Å². The van der Waals surface area contributed by atoms with Crippen LogP contribution in [0.15, 0.2) is 22.7 Å². The fourth-order valence-electron chi connectivity index (χ4n) is 2.30. The summed E-state index contributed by atoms with van der Waals surface area (Å²) in [4.78, 5) is 13.9. The summed E-state index contributed by atoms with van der Waals surface area (Å²) in [5.41, 5.74) is 1.87. The number of amides is 2. The molecule has 0 spiro atoms. The van der Waals surface area contributed by atoms with Gasteiger partial charge in [0.2, 0.25) is 0 Å². The van der Waals surface area contributed by atoms with Gasteiger partial charge in [0.1, 0.15) is 0 Å². The lowest BCUT2D eigenvalue weighted by molar-refractivity contribution is 0.130. The molecule has 4 nitrogen and oxygen atoms in total. The van der Waals surface area contributed by atoms with Gasteiger partial charge in [0, 0.05) is 23.5 Å². The molecular formula is C14H19BrN2O2. The van der Waals surface area contributed by atoms with Crippen LogP contribution in [0, 0.1) is 12.8 Å². The van der Waals surface area contributed by atoms with Crippen LogP contribution in [0.5, 0.6) is 0 Å². The summed E-state index contributed by atoms with van der Waals surface area (Å²) >= 11 is 3.48. The van der Waals surface area contributed by atoms with Crippen molar-refractivity contribution in [2.45, 2.75) is 26.4 Å². The van der Waals surface area contributed by atoms with Crippen molar-refractivity contribution in [3.63, 3.8) is 0 Å². The SMILES string of the molecule is Cc1cccc(NC(=O)N2CCC(C(C)O)C2)c1Br. The summed E-state index contributed by atoms with van der Waals surface area (Å²) < 4.78 is 0.912. The molecule has 2 atom stereocenters. The molecule has 2 rings (SSSR count). The number of aliphatic hydroxyl groups is 1. The van der Waals surface area contributed by atoms with Crippen molar-refractivity contribution in [2.75, 3.05) is 18.4 Å². The van der Waals surface area contributed by atoms with Crippen LogP contribution in [-0.4, -0.2) is 35.2 Å². The molecule has 1 heterocycles. The molecule has 19 heavy (non-hydrogen) atoms. The van der Waals surface area contributed by atoms with Crippen LogP contribution in [0.25, 0.3) is 0 Å². The average molecular weight is 327 g/mol. The summed E-state index contributed by atoms with van der Waals surface area (Å²) in [7, 11) is 0. The van der Waals surface area contributed by atoms with Crippen LogP contribution < -0.4 is 5.32 Å². The van der Waals surface area contributed by atoms with Gasteiger partial charge in [0.05, 0.1) is 11.8 Å². The second-order valence-corrected chi connectivity index (χ2v) is 5.89. The maximum atomic E-state index is 12.2. The van der Waals surface area contributed by atoms with Gasteiger partial charge in [-0.25, -0.2) is 4.79 Å². The van der Waals surface area contributed by atoms with Crippen molar-refractivity contribution in [1.29, 1.82) is 0 Å². The fourth-order valence-corrected chi connectivity index (χ4v) is 2.67. The van der Waals surface area contributed by atoms with E-state index in [1.807, 2.05) is 25.1 Å². The number of halogens is 1. The number of carbonyl (C=O) groups is 1. The second-order valence-electron chi connectivity index (χ2n) is 5.10. The van der Waals surface area contributed by atoms with E-state index in [9.17, 15) is 9.90 Å². The Labute approximate surface area is 121 Å². The van der Waals surface area contributed by atoms with Gasteiger partial charge in [-0.2, -0.15) is 0 Å². The third kappa shape index (κ3) is 3.28. The first-order valence-corrected chi connectivity index (χ1v) is 7.27. The molecule has 0 radical (unpaired) electrons. The maximum Gasteiger partial charge on any atom is 0.321 e. The van der Waals surface area contributed by atoms with E-state index >= 15 is 0 Å². The highest BCUT2D eigenvalue weighted by atomic mass is 79.9. The Kier molecular flexibility index (Phi) is 4.47. The zero-order valence-electron chi connectivity index (χ0n) is 11.2. The number of hydrogen-bond donors (Lipinski definition) is 2. The van der Waals surface area contributed by atoms with Crippen LogP contribution in [0.4, 0.5) is 10.5 Å². The Hall–Kier alpha value is -1.07. The molecule has 104 valence electrons. The van der Waals surface area contributed by atoms with Crippen LogP contribution >= 0.6 is 15.9 Å². The standard InChI is InChI=1S/C14H19BrN2O2/c1-9-4-3-5-12(13(9)15)16-14(19)17-7-6-11(8-17)10(2)18/h3-5,10-11,18H,6-8H2,1-2H3,(H,16,19). The number of carbonyl (C=O) groups excluding carboxylic acids is 1. The molecule has 0 bridgehead atoms. The number of aryl methyl sites for hydroxylation is 1. The minimum Gasteiger partial charge on any atom is -0.393 e. The second kappa shape index (κ2) is 5.92. The minimum absolute atomic E-state index is 0.102. The first-order valence-electron chi connectivity index (χ1n) is 6.48. The van der Waals surface area contributed by atoms with Gasteiger partial charge in [-0.15, -0.1) is 0 Å². The van der Waals surface area contributed by atoms with Gasteiger partial charge in [-0.3, -0.25) is 0 Å². The molecule has 5 heteroatoms. The Balaban J connectivity index is 2.00. The molecular weight excluding hydrogens is 308 g/mol. The van der Waals surface area contributed by atoms with E-state index in [0.717, 1.165) is 22.1 Å². The highest BCUT2D eigenvalue weighted by Gasteiger charge is 2.29. The van der Waals surface area contributed by atoms with Crippen molar-refractivity contribution in [2.24, 2.45) is 5.92 Å². The lowest BCUT2D eigenvalue weighted by atomic mass is 10.0. The number of likely N-dealkylation sites (tertiary alicyclic amines) is 1. The summed E-state index contributed by atoms with van der Waals surface area (Å²) in [6, 6.07) is 5.67. The van der Waals surface area contributed by atoms with Crippen molar-refractivity contribution < 1.29 is 9.90 Å². The average Bonchev–Trinajstić information content (AvgIpc) is 2.84. The van der Waals surface area contributed by atoms with Gasteiger partial charge < -0.3 is 15.3 Å². The summed E-state index contributed by atoms with van der Waals surface area (Å²) in [5, 5.41) is 12.5. The van der Waals surface area contributed by atoms with Crippen molar-refractivity contribution >= 4 is 27.6 Å². The van der Waals surface area contributed by atoms with Gasteiger partial charge in [0.25, 0.3) is 0 Å². The van der Waals surface area contributed by atoms with E-state index < -0.39 is 0 Å². The molecule has 0 aromatic heterocycles. The number of hydrogen-bond acceptors (Lipinski definition) is 2. The molecule has 1 aromatic rings. The zero-order chi connectivity index (χ0) is 14.0. The maximum absolute atomic E-state index is 12.2. The summed E-state index contributed by atoms with van der Waals surface area (Å²) in [5.74, 6) is 0.187. The highest BCUT2D eigenvalue weighted by molar-refractivity contribution is 9.10. The molecule has 1 aromatic carbocycles. The van der Waals surface area contributed by atoms with E-state index in [0.29, 0.717) is 13.1 Å². The number of anilines is 1. The van der Waals surface area contributed by atoms with E-state index in [1.165, 1.54) is 0 Å². The van der Waals surface area contributed by atoms with E-state index in [1.54, 1.807) is 11.8 Å². The topological polar surface area (TPSA) is 52.6 Å². The van der Waals surface area contributed by atoms with Crippen molar-refractivity contribution in [1.82, 2.24) is 4.90 Å². The third-order valence-electron chi connectivity index (χ3n) is 3.63. The number of aliphatic hydroxyl groups excluding tert-OH is 1. The predicted octanol–water partition coefficient (Wildman–Crippen LogP) is 2.99. The molecule has 0 saturated carbocycles. The normalized spacial score (nSPS) is 20.4. The fraction of sp³-hybridized carbons (Fsp3) is 0.500. The number of urea groups is 1. The number of rotatable bonds is 2. The van der Waals surface area contributed by atoms with Crippen LogP contribution in [0.2, 0.25) is 0 Å². The van der Waals surface area contributed by atoms with E-state index in [2.05, 4.69) is 21.2 Å². The third-order valence-corrected chi connectivity index (χ3v) is 4.68. The summed E-state index contributed by atoms with van der Waals surface area (Å²) in [6.45, 7) is 5.08. The summed E-state index contributed by atoms with van der Waals surface area (Å²) in [6.07, 6.45) is 0.503. The molecule has 0 aliphatic carbocycles. The molecule has 1 saturated heterocycles. The predicted molar refractivity (Wildman–Crippen MR) is 79.3 cm³/mol. The van der Waals surface area contributed by atoms with Crippen LogP contribution in [0.3, 0.4) is 0 Å². The molecule has 1 fully saturated rings. The number of benzene rings is 1. The molecule has 1 aliphatic heterocycles. The monoisotopic (exact) mass is 326 g/mol. The van der Waals surface area contributed by atoms with Gasteiger partial charge in [-0.1, -0.05) is 12.1 Å². The van der Waals surface area contributed by atoms with E-state index in [-0.39, 0.29) is 18.1 Å². The lowest BCUT2D eigenvalue weighted by Crippen LogP contribution is -2.34. The molecule has 2 N–H and O–H groups in total. The lowest BCUT2D eigenvalue weighted by Gasteiger charge is -2.19. The Morgan fingerprint density at radius 2 is 2.32 bits per heavy atom. The molecule has 2 amide bonds. The van der Waals surface area contributed by atoms with Crippen molar-refractivity contribution in [3.8, 4) is 0 Å².